The quantitative estimate of drug-likeness (QED) is 0.390. The highest BCUT2D eigenvalue weighted by Gasteiger charge is 2.36. The average molecular weight is 394 g/mol. The van der Waals surface area contributed by atoms with Gasteiger partial charge in [-0.15, -0.1) is 0 Å². The van der Waals surface area contributed by atoms with E-state index in [1.807, 2.05) is 19.1 Å². The van der Waals surface area contributed by atoms with E-state index in [-0.39, 0.29) is 0 Å². The van der Waals surface area contributed by atoms with Crippen LogP contribution < -0.4 is 15.8 Å². The number of hydrogen-bond donors (Lipinski definition) is 1. The van der Waals surface area contributed by atoms with Crippen LogP contribution in [0.4, 0.5) is 0 Å². The van der Waals surface area contributed by atoms with Crippen LogP contribution in [0.25, 0.3) is 11.0 Å². The van der Waals surface area contributed by atoms with Crippen LogP contribution in [-0.2, 0) is 4.79 Å². The molecule has 1 aliphatic carbocycles. The Hall–Kier alpha value is -3.35. The minimum atomic E-state index is -0.791. The lowest BCUT2D eigenvalue weighted by atomic mass is 10.1. The second kappa shape index (κ2) is 7.58. The number of nitrogens with zero attached hydrogens (tertiary/aromatic N) is 1. The Balaban J connectivity index is 1.36. The third-order valence-corrected chi connectivity index (χ3v) is 5.09. The molecule has 7 heteroatoms. The zero-order chi connectivity index (χ0) is 20.5. The van der Waals surface area contributed by atoms with Crippen LogP contribution >= 0.6 is 0 Å². The Labute approximate surface area is 167 Å². The van der Waals surface area contributed by atoms with Gasteiger partial charge >= 0.3 is 5.63 Å². The lowest BCUT2D eigenvalue weighted by Gasteiger charge is -2.13. The van der Waals surface area contributed by atoms with E-state index >= 15 is 0 Å². The number of ether oxygens (including phenoxy) is 1. The monoisotopic (exact) mass is 394 g/mol. The molecule has 0 spiro atoms. The van der Waals surface area contributed by atoms with Gasteiger partial charge in [-0.05, 0) is 56.0 Å². The number of fused-ring (bicyclic) bond motifs is 1. The van der Waals surface area contributed by atoms with Crippen LogP contribution in [0.3, 0.4) is 0 Å². The number of nitrogens with one attached hydrogen (secondary N) is 1. The molecular formula is C22H22N2O5. The molecule has 1 fully saturated rings. The predicted octanol–water partition coefficient (Wildman–Crippen LogP) is 3.74. The van der Waals surface area contributed by atoms with Gasteiger partial charge in [0.05, 0.1) is 6.21 Å². The number of furan rings is 1. The molecule has 2 aromatic heterocycles. The van der Waals surface area contributed by atoms with Crippen molar-refractivity contribution in [1.29, 1.82) is 0 Å². The second-order valence-corrected chi connectivity index (χ2v) is 7.46. The van der Waals surface area contributed by atoms with Crippen LogP contribution in [0.15, 0.2) is 55.1 Å². The number of hydrazone groups is 1. The molecule has 7 nitrogen and oxygen atoms in total. The fourth-order valence-electron chi connectivity index (χ4n) is 3.24. The first-order chi connectivity index (χ1) is 13.9. The summed E-state index contributed by atoms with van der Waals surface area (Å²) in [4.78, 5) is 23.8. The van der Waals surface area contributed by atoms with Crippen molar-refractivity contribution in [1.82, 2.24) is 5.43 Å². The fraction of sp³-hybridized carbons (Fsp3) is 0.318. The van der Waals surface area contributed by atoms with Gasteiger partial charge < -0.3 is 13.6 Å². The number of carbonyl (C=O) groups is 1. The van der Waals surface area contributed by atoms with Gasteiger partial charge in [0.2, 0.25) is 0 Å². The third-order valence-electron chi connectivity index (χ3n) is 5.09. The van der Waals surface area contributed by atoms with E-state index < -0.39 is 17.6 Å². The molecule has 2 heterocycles. The number of aryl methyl sites for hydroxylation is 1. The summed E-state index contributed by atoms with van der Waals surface area (Å²) >= 11 is 0. The Morgan fingerprint density at radius 1 is 1.28 bits per heavy atom. The van der Waals surface area contributed by atoms with Gasteiger partial charge in [0.1, 0.15) is 22.9 Å². The Bertz CT molecular complexity index is 1140. The van der Waals surface area contributed by atoms with Crippen molar-refractivity contribution in [2.24, 2.45) is 11.0 Å². The molecule has 4 rings (SSSR count). The highest BCUT2D eigenvalue weighted by Crippen LogP contribution is 2.47. The zero-order valence-electron chi connectivity index (χ0n) is 16.5. The summed E-state index contributed by atoms with van der Waals surface area (Å²) in [6.45, 7) is 5.63. The summed E-state index contributed by atoms with van der Waals surface area (Å²) in [6, 6.07) is 10.3. The Kier molecular flexibility index (Phi) is 4.96. The molecule has 0 unspecified atom stereocenters. The van der Waals surface area contributed by atoms with Gasteiger partial charge in [-0.1, -0.05) is 6.92 Å². The average Bonchev–Trinajstić information content (AvgIpc) is 3.21. The van der Waals surface area contributed by atoms with Gasteiger partial charge in [0.25, 0.3) is 5.91 Å². The molecule has 1 aromatic carbocycles. The number of amides is 1. The zero-order valence-corrected chi connectivity index (χ0v) is 16.5. The van der Waals surface area contributed by atoms with Crippen LogP contribution in [0.5, 0.6) is 5.75 Å². The molecular weight excluding hydrogens is 372 g/mol. The number of carbonyl (C=O) groups excluding carboxylic acids is 1. The minimum Gasteiger partial charge on any atom is -0.481 e. The largest absolute Gasteiger partial charge is 0.481 e. The summed E-state index contributed by atoms with van der Waals surface area (Å²) in [7, 11) is 0. The number of hydrogen-bond acceptors (Lipinski definition) is 6. The molecule has 1 aliphatic rings. The molecule has 1 N–H and O–H groups in total. The van der Waals surface area contributed by atoms with Crippen LogP contribution in [0, 0.1) is 12.8 Å². The topological polar surface area (TPSA) is 94.0 Å². The maximum absolute atomic E-state index is 12.2. The lowest BCUT2D eigenvalue weighted by Crippen LogP contribution is -2.33. The maximum Gasteiger partial charge on any atom is 0.336 e. The van der Waals surface area contributed by atoms with Crippen molar-refractivity contribution in [2.75, 3.05) is 0 Å². The van der Waals surface area contributed by atoms with Crippen LogP contribution in [-0.4, -0.2) is 18.2 Å². The van der Waals surface area contributed by atoms with Crippen LogP contribution in [0.1, 0.15) is 43.3 Å². The van der Waals surface area contributed by atoms with Crippen LogP contribution in [0.2, 0.25) is 0 Å². The van der Waals surface area contributed by atoms with Crippen molar-refractivity contribution in [3.8, 4) is 5.75 Å². The molecule has 0 aliphatic heterocycles. The van der Waals surface area contributed by atoms with Gasteiger partial charge in [-0.2, -0.15) is 5.10 Å². The second-order valence-electron chi connectivity index (χ2n) is 7.46. The summed E-state index contributed by atoms with van der Waals surface area (Å²) in [5, 5.41) is 4.75. The SMILES string of the molecule is Cc1cc(=O)oc2cc(O[C@H](C)C(=O)N/N=C\c3ccc([C@H]4C[C@@H]4C)o3)ccc12. The molecule has 1 amide bonds. The Morgan fingerprint density at radius 3 is 2.83 bits per heavy atom. The standard InChI is InChI=1S/C22H22N2O5/c1-12-8-18(12)19-7-5-16(28-19)11-23-24-22(26)14(3)27-15-4-6-17-13(2)9-21(25)29-20(17)10-15/h4-7,9-12,14,18H,8H2,1-3H3,(H,24,26)/b23-11-/t12-,14+,18-/m0/s1. The van der Waals surface area contributed by atoms with Gasteiger partial charge in [0.15, 0.2) is 6.10 Å². The van der Waals surface area contributed by atoms with Gasteiger partial charge in [-0.25, -0.2) is 10.2 Å². The highest BCUT2D eigenvalue weighted by atomic mass is 16.5. The lowest BCUT2D eigenvalue weighted by molar-refractivity contribution is -0.127. The first kappa shape index (κ1) is 19.0. The van der Waals surface area contributed by atoms with E-state index in [2.05, 4.69) is 17.5 Å². The predicted molar refractivity (Wildman–Crippen MR) is 108 cm³/mol. The van der Waals surface area contributed by atoms with E-state index in [9.17, 15) is 9.59 Å². The van der Waals surface area contributed by atoms with Crippen molar-refractivity contribution in [3.63, 3.8) is 0 Å². The molecule has 0 bridgehead atoms. The molecule has 3 atom stereocenters. The van der Waals surface area contributed by atoms with E-state index in [0.29, 0.717) is 28.9 Å². The van der Waals surface area contributed by atoms with Crippen molar-refractivity contribution >= 4 is 23.1 Å². The van der Waals surface area contributed by atoms with E-state index in [0.717, 1.165) is 23.1 Å². The molecule has 0 radical (unpaired) electrons. The third kappa shape index (κ3) is 4.23. The molecule has 29 heavy (non-hydrogen) atoms. The summed E-state index contributed by atoms with van der Waals surface area (Å²) in [5.41, 5.74) is 3.25. The van der Waals surface area contributed by atoms with Crippen molar-refractivity contribution in [2.45, 2.75) is 39.2 Å². The molecule has 0 saturated heterocycles. The number of benzene rings is 1. The summed E-state index contributed by atoms with van der Waals surface area (Å²) in [5.74, 6) is 2.72. The number of rotatable bonds is 6. The normalized spacial score (nSPS) is 19.4. The van der Waals surface area contributed by atoms with Gasteiger partial charge in [-0.3, -0.25) is 4.79 Å². The Morgan fingerprint density at radius 2 is 2.07 bits per heavy atom. The van der Waals surface area contributed by atoms with Crippen molar-refractivity contribution in [3.05, 3.63) is 63.9 Å². The van der Waals surface area contributed by atoms with Gasteiger partial charge in [0, 0.05) is 23.4 Å². The molecule has 1 saturated carbocycles. The summed E-state index contributed by atoms with van der Waals surface area (Å²) < 4.78 is 16.6. The van der Waals surface area contributed by atoms with E-state index in [4.69, 9.17) is 13.6 Å². The van der Waals surface area contributed by atoms with E-state index in [1.54, 1.807) is 25.1 Å². The first-order valence-corrected chi connectivity index (χ1v) is 9.54. The van der Waals surface area contributed by atoms with E-state index in [1.165, 1.54) is 12.3 Å². The first-order valence-electron chi connectivity index (χ1n) is 9.54. The molecule has 150 valence electrons. The highest BCUT2D eigenvalue weighted by molar-refractivity contribution is 5.84. The van der Waals surface area contributed by atoms with Crippen molar-refractivity contribution < 1.29 is 18.4 Å². The fourth-order valence-corrected chi connectivity index (χ4v) is 3.24. The summed E-state index contributed by atoms with van der Waals surface area (Å²) in [6.07, 6.45) is 1.82. The maximum atomic E-state index is 12.2. The smallest absolute Gasteiger partial charge is 0.336 e. The molecule has 3 aromatic rings. The minimum absolute atomic E-state index is 0.408.